The van der Waals surface area contributed by atoms with E-state index in [9.17, 15) is 0 Å². The highest BCUT2D eigenvalue weighted by atomic mass is 31.0. The zero-order valence-electron chi connectivity index (χ0n) is 10.2. The van der Waals surface area contributed by atoms with Gasteiger partial charge in [-0.3, -0.25) is 0 Å². The number of benzene rings is 1. The van der Waals surface area contributed by atoms with Gasteiger partial charge in [0.15, 0.2) is 0 Å². The van der Waals surface area contributed by atoms with Crippen molar-refractivity contribution in [3.05, 3.63) is 41.0 Å². The number of phenolic OH excluding ortho intramolecular Hbond substituents is 1. The summed E-state index contributed by atoms with van der Waals surface area (Å²) in [5.41, 5.74) is 0. The van der Waals surface area contributed by atoms with E-state index in [0.29, 0.717) is 5.22 Å². The van der Waals surface area contributed by atoms with Gasteiger partial charge in [0.05, 0.1) is 0 Å². The smallest absolute Gasteiger partial charge is 0.116 e. The van der Waals surface area contributed by atoms with Gasteiger partial charge in [0.25, 0.3) is 0 Å². The first-order chi connectivity index (χ1) is 7.59. The Hall–Kier alpha value is -1.27. The Labute approximate surface area is 99.8 Å². The van der Waals surface area contributed by atoms with Crippen molar-refractivity contribution in [2.45, 2.75) is 13.8 Å². The van der Waals surface area contributed by atoms with Crippen LogP contribution in [0.15, 0.2) is 30.5 Å². The molecule has 1 rings (SSSR count). The van der Waals surface area contributed by atoms with E-state index in [1.807, 2.05) is 20.5 Å². The van der Waals surface area contributed by atoms with Crippen molar-refractivity contribution in [2.24, 2.45) is 0 Å². The highest BCUT2D eigenvalue weighted by Crippen LogP contribution is 1.98. The molecule has 0 aromatic heterocycles. The molecular formula is C13H21O2P. The van der Waals surface area contributed by atoms with Gasteiger partial charge in [-0.15, -0.1) is 9.24 Å². The fraction of sp³-hybridized carbons (Fsp3) is 0.231. The average Bonchev–Trinajstić information content (AvgIpc) is 2.28. The zero-order valence-corrected chi connectivity index (χ0v) is 11.4. The molecule has 1 aromatic carbocycles. The summed E-state index contributed by atoms with van der Waals surface area (Å²) in [5, 5.41) is 19.4. The molecular weight excluding hydrogens is 219 g/mol. The summed E-state index contributed by atoms with van der Waals surface area (Å²) in [4.78, 5) is 0. The maximum absolute atomic E-state index is 9.09. The molecule has 16 heavy (non-hydrogen) atoms. The van der Waals surface area contributed by atoms with E-state index in [1.165, 1.54) is 12.1 Å². The summed E-state index contributed by atoms with van der Waals surface area (Å²) in [6.45, 7) is 12.9. The maximum atomic E-state index is 9.09. The summed E-state index contributed by atoms with van der Waals surface area (Å²) >= 11 is 0. The predicted molar refractivity (Wildman–Crippen MR) is 76.1 cm³/mol. The summed E-state index contributed by atoms with van der Waals surface area (Å²) < 4.78 is 0. The fourth-order valence-electron chi connectivity index (χ4n) is 0.896. The molecule has 0 bridgehead atoms. The Morgan fingerprint density at radius 2 is 1.81 bits per heavy atom. The van der Waals surface area contributed by atoms with Gasteiger partial charge in [0.1, 0.15) is 11.5 Å². The van der Waals surface area contributed by atoms with E-state index in [2.05, 4.69) is 22.4 Å². The summed E-state index contributed by atoms with van der Waals surface area (Å²) in [5.74, 6) is 0.0976. The second-order valence-corrected chi connectivity index (χ2v) is 2.52. The number of phenols is 1. The highest BCUT2D eigenvalue weighted by molar-refractivity contribution is 7.15. The number of hydrogen-bond acceptors (Lipinski definition) is 2. The van der Waals surface area contributed by atoms with E-state index in [0.717, 1.165) is 5.22 Å². The third kappa shape index (κ3) is 7.08. The molecule has 3 heteroatoms. The molecule has 1 atom stereocenters. The third-order valence-corrected chi connectivity index (χ3v) is 1.45. The van der Waals surface area contributed by atoms with Crippen LogP contribution < -0.4 is 10.4 Å². The lowest BCUT2D eigenvalue weighted by Crippen LogP contribution is -2.22. The van der Waals surface area contributed by atoms with Crippen LogP contribution in [-0.4, -0.2) is 16.9 Å². The zero-order chi connectivity index (χ0) is 13.1. The molecule has 0 aliphatic rings. The Morgan fingerprint density at radius 3 is 2.25 bits per heavy atom. The fourth-order valence-corrected chi connectivity index (χ4v) is 0.896. The van der Waals surface area contributed by atoms with Gasteiger partial charge < -0.3 is 10.2 Å². The minimum atomic E-state index is -0.0505. The number of hydrogen-bond donors (Lipinski definition) is 2. The monoisotopic (exact) mass is 240 g/mol. The van der Waals surface area contributed by atoms with Crippen LogP contribution in [0, 0.1) is 0 Å². The number of aromatic hydroxyl groups is 1. The van der Waals surface area contributed by atoms with Crippen molar-refractivity contribution < 1.29 is 10.2 Å². The molecule has 0 aliphatic carbocycles. The highest BCUT2D eigenvalue weighted by Gasteiger charge is 1.87. The van der Waals surface area contributed by atoms with Crippen LogP contribution in [0.1, 0.15) is 13.8 Å². The van der Waals surface area contributed by atoms with Gasteiger partial charge >= 0.3 is 0 Å². The molecule has 0 heterocycles. The van der Waals surface area contributed by atoms with E-state index in [1.54, 1.807) is 12.1 Å². The molecule has 0 spiro atoms. The molecule has 0 aliphatic heterocycles. The van der Waals surface area contributed by atoms with Crippen LogP contribution >= 0.6 is 9.24 Å². The number of aliphatic hydroxyl groups is 1. The van der Waals surface area contributed by atoms with Crippen molar-refractivity contribution in [1.29, 1.82) is 0 Å². The van der Waals surface area contributed by atoms with Crippen molar-refractivity contribution >= 4 is 21.9 Å². The molecule has 0 fully saturated rings. The van der Waals surface area contributed by atoms with Crippen LogP contribution in [-0.2, 0) is 0 Å². The van der Waals surface area contributed by atoms with Crippen LogP contribution in [0.3, 0.4) is 0 Å². The lowest BCUT2D eigenvalue weighted by Gasteiger charge is -1.91. The van der Waals surface area contributed by atoms with Gasteiger partial charge in [0.2, 0.25) is 0 Å². The van der Waals surface area contributed by atoms with Gasteiger partial charge in [-0.05, 0) is 28.6 Å². The van der Waals surface area contributed by atoms with Crippen LogP contribution in [0.2, 0.25) is 0 Å². The topological polar surface area (TPSA) is 40.5 Å². The number of rotatable bonds is 1. The first-order valence-corrected chi connectivity index (χ1v) is 6.20. The van der Waals surface area contributed by atoms with Gasteiger partial charge in [0, 0.05) is 0 Å². The Kier molecular flexibility index (Phi) is 11.0. The van der Waals surface area contributed by atoms with E-state index < -0.39 is 0 Å². The SMILES string of the molecule is C=C(O)/C=c1/cc(O)ccc1=C.CC.CP. The van der Waals surface area contributed by atoms with Crippen LogP contribution in [0.4, 0.5) is 0 Å². The van der Waals surface area contributed by atoms with Crippen molar-refractivity contribution in [1.82, 2.24) is 0 Å². The maximum Gasteiger partial charge on any atom is 0.116 e. The molecule has 2 N–H and O–H groups in total. The van der Waals surface area contributed by atoms with E-state index >= 15 is 0 Å². The first-order valence-electron chi connectivity index (χ1n) is 5.05. The van der Waals surface area contributed by atoms with Gasteiger partial charge in [-0.1, -0.05) is 39.7 Å². The standard InChI is InChI=1S/C10H10O2.C2H6.CH5P/c1-7-3-4-10(12)6-9(7)5-8(2)11;2*1-2/h3-6,11-12H,1-2H2;1-2H3;2H2,1H3/b9-5-;;. The molecule has 1 unspecified atom stereocenters. The molecule has 0 saturated heterocycles. The Balaban J connectivity index is 0. The van der Waals surface area contributed by atoms with Gasteiger partial charge in [-0.2, -0.15) is 0 Å². The largest absolute Gasteiger partial charge is 0.509 e. The lowest BCUT2D eigenvalue weighted by molar-refractivity contribution is 0.444. The lowest BCUT2D eigenvalue weighted by atomic mass is 10.2. The Morgan fingerprint density at radius 1 is 1.31 bits per heavy atom. The number of allylic oxidation sites excluding steroid dienone is 1. The van der Waals surface area contributed by atoms with E-state index in [-0.39, 0.29) is 11.5 Å². The molecule has 2 nitrogen and oxygen atoms in total. The first kappa shape index (κ1) is 17.1. The van der Waals surface area contributed by atoms with Crippen molar-refractivity contribution in [3.63, 3.8) is 0 Å². The normalized spacial score (nSPS) is 9.38. The molecule has 0 saturated carbocycles. The minimum absolute atomic E-state index is 0.0505. The summed E-state index contributed by atoms with van der Waals surface area (Å²) in [7, 11) is 2.42. The molecule has 1 aromatic rings. The molecule has 0 radical (unpaired) electrons. The Bertz CT molecular complexity index is 410. The second kappa shape index (κ2) is 10.3. The summed E-state index contributed by atoms with van der Waals surface area (Å²) in [6, 6.07) is 4.73. The second-order valence-electron chi connectivity index (χ2n) is 2.52. The van der Waals surface area contributed by atoms with E-state index in [4.69, 9.17) is 10.2 Å². The van der Waals surface area contributed by atoms with Gasteiger partial charge in [-0.25, -0.2) is 0 Å². The average molecular weight is 240 g/mol. The van der Waals surface area contributed by atoms with Crippen molar-refractivity contribution in [3.8, 4) is 5.75 Å². The van der Waals surface area contributed by atoms with Crippen molar-refractivity contribution in [2.75, 3.05) is 6.66 Å². The predicted octanol–water partition coefficient (Wildman–Crippen LogP) is 2.17. The van der Waals surface area contributed by atoms with Crippen LogP contribution in [0.25, 0.3) is 12.7 Å². The van der Waals surface area contributed by atoms with Crippen LogP contribution in [0.5, 0.6) is 5.75 Å². The molecule has 0 amide bonds. The quantitative estimate of drug-likeness (QED) is 0.583. The number of aliphatic hydroxyl groups excluding tert-OH is 1. The minimum Gasteiger partial charge on any atom is -0.509 e. The molecule has 90 valence electrons. The third-order valence-electron chi connectivity index (χ3n) is 1.45. The summed E-state index contributed by atoms with van der Waals surface area (Å²) in [6.07, 6.45) is 1.45.